The van der Waals surface area contributed by atoms with Gasteiger partial charge in [0.1, 0.15) is 0 Å². The molecule has 2 aromatic rings. The van der Waals surface area contributed by atoms with Gasteiger partial charge in [0.2, 0.25) is 5.91 Å². The fourth-order valence-corrected chi connectivity index (χ4v) is 5.05. The molecule has 1 heterocycles. The molecule has 0 fully saturated rings. The summed E-state index contributed by atoms with van der Waals surface area (Å²) in [5, 5.41) is 16.0. The van der Waals surface area contributed by atoms with E-state index in [2.05, 4.69) is 16.7 Å². The number of carbonyl (C=O) groups is 4. The summed E-state index contributed by atoms with van der Waals surface area (Å²) in [6.45, 7) is 7.22. The van der Waals surface area contributed by atoms with Gasteiger partial charge >= 0.3 is 5.97 Å². The van der Waals surface area contributed by atoms with Gasteiger partial charge in [0.25, 0.3) is 0 Å². The summed E-state index contributed by atoms with van der Waals surface area (Å²) in [5.74, 6) is -2.31. The number of allylic oxidation sites excluding steroid dienone is 6. The van der Waals surface area contributed by atoms with E-state index in [0.717, 1.165) is 12.0 Å². The molecule has 0 radical (unpaired) electrons. The van der Waals surface area contributed by atoms with Crippen LogP contribution in [-0.2, 0) is 19.1 Å². The molecule has 0 aromatic heterocycles. The van der Waals surface area contributed by atoms with Crippen molar-refractivity contribution in [1.29, 1.82) is 5.26 Å². The number of nitriles is 1. The Hall–Kier alpha value is -5.03. The Bertz CT molecular complexity index is 1530. The molecule has 43 heavy (non-hydrogen) atoms. The predicted molar refractivity (Wildman–Crippen MR) is 166 cm³/mol. The zero-order chi connectivity index (χ0) is 31.4. The Morgan fingerprint density at radius 1 is 1.05 bits per heavy atom. The van der Waals surface area contributed by atoms with Crippen LogP contribution in [0.1, 0.15) is 68.8 Å². The number of ketones is 1. The Kier molecular flexibility index (Phi) is 12.0. The first-order valence-electron chi connectivity index (χ1n) is 14.2. The second-order valence-corrected chi connectivity index (χ2v) is 10.1. The Labute approximate surface area is 252 Å². The van der Waals surface area contributed by atoms with Crippen LogP contribution in [0.15, 0.2) is 95.4 Å². The topological polar surface area (TPSA) is 125 Å². The van der Waals surface area contributed by atoms with Crippen LogP contribution < -0.4 is 10.6 Å². The zero-order valence-corrected chi connectivity index (χ0v) is 25.0. The summed E-state index contributed by atoms with van der Waals surface area (Å²) in [5.41, 5.74) is 3.77. The summed E-state index contributed by atoms with van der Waals surface area (Å²) in [6.07, 6.45) is 8.12. The van der Waals surface area contributed by atoms with Crippen molar-refractivity contribution < 1.29 is 23.9 Å². The normalized spacial score (nSPS) is 15.7. The van der Waals surface area contributed by atoms with Gasteiger partial charge < -0.3 is 15.4 Å². The number of hydrogen-bond acceptors (Lipinski definition) is 7. The Balaban J connectivity index is 1.93. The van der Waals surface area contributed by atoms with E-state index in [4.69, 9.17) is 4.74 Å². The molecule has 2 N–H and O–H groups in total. The standard InChI is InChI=1S/C35H37N3O5/c1-5-6-7-8-9-13-19-37-31(41)20-27(22-39)43-35(42)32-24(3)38-23(2)30(21-36)34(32)29-18-14-17-28(25(4)40)33(29)26-15-11-10-12-16-26/h5-6,8-12,14-18,22,27,34,38H,7,13,19-20H2,1-4H3,(H,37,41)/b6-5-,9-8-/t27-,34?/m0/s1. The lowest BCUT2D eigenvalue weighted by atomic mass is 9.76. The van der Waals surface area contributed by atoms with Gasteiger partial charge in [-0.3, -0.25) is 14.4 Å². The van der Waals surface area contributed by atoms with Crippen LogP contribution in [0, 0.1) is 11.3 Å². The van der Waals surface area contributed by atoms with E-state index < -0.39 is 23.9 Å². The average molecular weight is 580 g/mol. The van der Waals surface area contributed by atoms with Crippen LogP contribution in [0.2, 0.25) is 0 Å². The molecule has 1 aliphatic heterocycles. The van der Waals surface area contributed by atoms with Crippen LogP contribution in [0.25, 0.3) is 11.1 Å². The highest BCUT2D eigenvalue weighted by Gasteiger charge is 2.37. The fraction of sp³-hybridized carbons (Fsp3) is 0.286. The molecule has 0 bridgehead atoms. The number of nitrogens with zero attached hydrogens (tertiary/aromatic N) is 1. The molecule has 0 saturated carbocycles. The summed E-state index contributed by atoms with van der Waals surface area (Å²) in [4.78, 5) is 50.9. The monoisotopic (exact) mass is 579 g/mol. The van der Waals surface area contributed by atoms with E-state index >= 15 is 0 Å². The first-order chi connectivity index (χ1) is 20.7. The predicted octanol–water partition coefficient (Wildman–Crippen LogP) is 5.84. The third kappa shape index (κ3) is 8.26. The van der Waals surface area contributed by atoms with Crippen LogP contribution >= 0.6 is 0 Å². The number of dihydropyridines is 1. The third-order valence-electron chi connectivity index (χ3n) is 7.05. The number of ether oxygens (including phenoxy) is 1. The van der Waals surface area contributed by atoms with Crippen molar-refractivity contribution in [3.8, 4) is 17.2 Å². The first-order valence-corrected chi connectivity index (χ1v) is 14.2. The lowest BCUT2D eigenvalue weighted by molar-refractivity contribution is -0.149. The van der Waals surface area contributed by atoms with Gasteiger partial charge in [-0.1, -0.05) is 72.8 Å². The van der Waals surface area contributed by atoms with E-state index in [1.54, 1.807) is 32.0 Å². The van der Waals surface area contributed by atoms with E-state index in [-0.39, 0.29) is 23.4 Å². The van der Waals surface area contributed by atoms with Crippen molar-refractivity contribution in [3.63, 3.8) is 0 Å². The lowest BCUT2D eigenvalue weighted by Gasteiger charge is -2.31. The first kappa shape index (κ1) is 32.5. The number of hydrogen-bond donors (Lipinski definition) is 2. The van der Waals surface area contributed by atoms with Crippen LogP contribution in [0.5, 0.6) is 0 Å². The molecule has 3 rings (SSSR count). The summed E-state index contributed by atoms with van der Waals surface area (Å²) >= 11 is 0. The maximum Gasteiger partial charge on any atom is 0.337 e. The number of Topliss-reactive ketones (excluding diaryl/α,β-unsaturated/α-hetero) is 1. The van der Waals surface area contributed by atoms with E-state index in [0.29, 0.717) is 47.3 Å². The smallest absolute Gasteiger partial charge is 0.337 e. The van der Waals surface area contributed by atoms with Crippen molar-refractivity contribution in [2.24, 2.45) is 0 Å². The number of amides is 1. The fourth-order valence-electron chi connectivity index (χ4n) is 5.05. The second kappa shape index (κ2) is 15.8. The van der Waals surface area contributed by atoms with Crippen molar-refractivity contribution in [1.82, 2.24) is 10.6 Å². The molecule has 0 spiro atoms. The summed E-state index contributed by atoms with van der Waals surface area (Å²) in [6, 6.07) is 16.7. The Morgan fingerprint density at radius 2 is 1.79 bits per heavy atom. The molecule has 0 aliphatic carbocycles. The van der Waals surface area contributed by atoms with Gasteiger partial charge in [-0.15, -0.1) is 0 Å². The van der Waals surface area contributed by atoms with E-state index in [1.165, 1.54) is 6.92 Å². The Morgan fingerprint density at radius 3 is 2.44 bits per heavy atom. The quantitative estimate of drug-likeness (QED) is 0.100. The largest absolute Gasteiger partial charge is 0.451 e. The lowest BCUT2D eigenvalue weighted by Crippen LogP contribution is -2.34. The molecular formula is C35H37N3O5. The maximum atomic E-state index is 13.7. The van der Waals surface area contributed by atoms with Gasteiger partial charge in [-0.2, -0.15) is 5.26 Å². The van der Waals surface area contributed by atoms with Gasteiger partial charge in [0.15, 0.2) is 18.2 Å². The molecule has 1 amide bonds. The van der Waals surface area contributed by atoms with Gasteiger partial charge in [0.05, 0.1) is 29.6 Å². The molecule has 2 aromatic carbocycles. The maximum absolute atomic E-state index is 13.7. The minimum absolute atomic E-state index is 0.124. The number of rotatable bonds is 13. The molecular weight excluding hydrogens is 542 g/mol. The molecule has 8 nitrogen and oxygen atoms in total. The van der Waals surface area contributed by atoms with Crippen molar-refractivity contribution in [3.05, 3.63) is 107 Å². The molecule has 2 atom stereocenters. The van der Waals surface area contributed by atoms with Crippen molar-refractivity contribution in [2.75, 3.05) is 6.54 Å². The minimum Gasteiger partial charge on any atom is -0.451 e. The van der Waals surface area contributed by atoms with Gasteiger partial charge in [-0.25, -0.2) is 4.79 Å². The SMILES string of the molecule is C/C=C\C/C=C\CCNC(=O)C[C@@H](C=O)OC(=O)C1=C(C)NC(C)=C(C#N)C1c1cccc(C(C)=O)c1-c1ccccc1. The molecule has 1 aliphatic rings. The summed E-state index contributed by atoms with van der Waals surface area (Å²) < 4.78 is 5.57. The molecule has 1 unspecified atom stereocenters. The van der Waals surface area contributed by atoms with E-state index in [1.807, 2.05) is 61.6 Å². The second-order valence-electron chi connectivity index (χ2n) is 10.1. The number of nitrogens with one attached hydrogen (secondary N) is 2. The highest BCUT2D eigenvalue weighted by Crippen LogP contribution is 2.43. The highest BCUT2D eigenvalue weighted by molar-refractivity contribution is 6.03. The number of aldehydes is 1. The molecule has 8 heteroatoms. The summed E-state index contributed by atoms with van der Waals surface area (Å²) in [7, 11) is 0. The van der Waals surface area contributed by atoms with Crippen LogP contribution in [0.4, 0.5) is 0 Å². The number of esters is 1. The van der Waals surface area contributed by atoms with Gasteiger partial charge in [-0.05, 0) is 57.2 Å². The molecule has 0 saturated heterocycles. The average Bonchev–Trinajstić information content (AvgIpc) is 2.99. The zero-order valence-electron chi connectivity index (χ0n) is 25.0. The molecule has 222 valence electrons. The minimum atomic E-state index is -1.33. The number of carbonyl (C=O) groups excluding carboxylic acids is 4. The third-order valence-corrected chi connectivity index (χ3v) is 7.05. The van der Waals surface area contributed by atoms with Crippen LogP contribution in [-0.4, -0.2) is 36.6 Å². The van der Waals surface area contributed by atoms with Gasteiger partial charge in [0, 0.05) is 23.5 Å². The van der Waals surface area contributed by atoms with Crippen molar-refractivity contribution in [2.45, 2.75) is 59.0 Å². The number of benzene rings is 2. The van der Waals surface area contributed by atoms with Crippen molar-refractivity contribution >= 4 is 23.9 Å². The van der Waals surface area contributed by atoms with E-state index in [9.17, 15) is 24.4 Å². The highest BCUT2D eigenvalue weighted by atomic mass is 16.5. The van der Waals surface area contributed by atoms with Crippen LogP contribution in [0.3, 0.4) is 0 Å².